The first-order valence-corrected chi connectivity index (χ1v) is 5.72. The lowest BCUT2D eigenvalue weighted by Gasteiger charge is -2.24. The zero-order valence-corrected chi connectivity index (χ0v) is 11.3. The van der Waals surface area contributed by atoms with Crippen LogP contribution in [0.1, 0.15) is 13.8 Å². The monoisotopic (exact) mass is 289 g/mol. The molecule has 0 aliphatic heterocycles. The minimum absolute atomic E-state index is 0.00447. The molecule has 4 heteroatoms. The van der Waals surface area contributed by atoms with E-state index in [-0.39, 0.29) is 5.91 Å². The third-order valence-electron chi connectivity index (χ3n) is 2.03. The second-order valence-electron chi connectivity index (χ2n) is 3.81. The summed E-state index contributed by atoms with van der Waals surface area (Å²) in [5, 5.41) is 0.665. The smallest absolute Gasteiger partial charge is 0.243 e. The van der Waals surface area contributed by atoms with Gasteiger partial charge in [0.2, 0.25) is 5.91 Å². The fourth-order valence-corrected chi connectivity index (χ4v) is 1.57. The molecule has 0 fully saturated rings. The lowest BCUT2D eigenvalue weighted by atomic mass is 10.2. The zero-order chi connectivity index (χ0) is 11.6. The number of alkyl halides is 1. The van der Waals surface area contributed by atoms with E-state index >= 15 is 0 Å². The van der Waals surface area contributed by atoms with Gasteiger partial charge in [-0.05, 0) is 38.1 Å². The fraction of sp³-hybridized carbons (Fsp3) is 0.364. The Balaban J connectivity index is 2.90. The van der Waals surface area contributed by atoms with E-state index in [1.165, 1.54) is 0 Å². The second-order valence-corrected chi connectivity index (χ2v) is 6.23. The molecule has 0 saturated heterocycles. The van der Waals surface area contributed by atoms with Crippen molar-refractivity contribution >= 4 is 39.1 Å². The molecule has 1 amide bonds. The van der Waals surface area contributed by atoms with Crippen molar-refractivity contribution in [2.75, 3.05) is 11.9 Å². The van der Waals surface area contributed by atoms with Crippen molar-refractivity contribution in [2.24, 2.45) is 0 Å². The summed E-state index contributed by atoms with van der Waals surface area (Å²) in [5.74, 6) is 0.00447. The van der Waals surface area contributed by atoms with Crippen molar-refractivity contribution in [2.45, 2.75) is 18.2 Å². The summed E-state index contributed by atoms with van der Waals surface area (Å²) in [6, 6.07) is 7.17. The summed E-state index contributed by atoms with van der Waals surface area (Å²) in [5.41, 5.74) is 0.830. The van der Waals surface area contributed by atoms with Crippen molar-refractivity contribution in [3.63, 3.8) is 0 Å². The minimum Gasteiger partial charge on any atom is -0.314 e. The van der Waals surface area contributed by atoms with Crippen molar-refractivity contribution < 1.29 is 4.79 Å². The largest absolute Gasteiger partial charge is 0.314 e. The highest BCUT2D eigenvalue weighted by atomic mass is 79.9. The minimum atomic E-state index is -0.554. The normalized spacial score (nSPS) is 11.3. The highest BCUT2D eigenvalue weighted by molar-refractivity contribution is 9.10. The van der Waals surface area contributed by atoms with Crippen LogP contribution in [-0.2, 0) is 4.79 Å². The number of nitrogens with zero attached hydrogens (tertiary/aromatic N) is 1. The number of benzene rings is 1. The first kappa shape index (κ1) is 12.5. The van der Waals surface area contributed by atoms with Crippen LogP contribution in [0.4, 0.5) is 5.69 Å². The molecule has 1 rings (SSSR count). The van der Waals surface area contributed by atoms with Gasteiger partial charge in [-0.15, -0.1) is 0 Å². The highest BCUT2D eigenvalue weighted by Crippen LogP contribution is 2.23. The molecule has 15 heavy (non-hydrogen) atoms. The molecule has 0 aliphatic rings. The van der Waals surface area contributed by atoms with Gasteiger partial charge in [0, 0.05) is 17.8 Å². The number of carbonyl (C=O) groups excluding carboxylic acids is 1. The maximum atomic E-state index is 11.9. The van der Waals surface area contributed by atoms with Gasteiger partial charge in [-0.3, -0.25) is 4.79 Å². The molecule has 0 radical (unpaired) electrons. The molecule has 0 heterocycles. The standard InChI is InChI=1S/C11H13BrClNO/c1-11(2,12)10(15)14(3)9-6-4-8(13)5-7-9/h4-7H,1-3H3. The Kier molecular flexibility index (Phi) is 3.79. The lowest BCUT2D eigenvalue weighted by molar-refractivity contribution is -0.119. The molecule has 0 spiro atoms. The van der Waals surface area contributed by atoms with E-state index in [2.05, 4.69) is 15.9 Å². The molecule has 0 atom stereocenters. The van der Waals surface area contributed by atoms with E-state index in [9.17, 15) is 4.79 Å². The van der Waals surface area contributed by atoms with Gasteiger partial charge in [0.1, 0.15) is 0 Å². The van der Waals surface area contributed by atoms with Gasteiger partial charge in [-0.2, -0.15) is 0 Å². The Hall–Kier alpha value is -0.540. The Morgan fingerprint density at radius 3 is 2.20 bits per heavy atom. The first-order valence-electron chi connectivity index (χ1n) is 4.55. The Morgan fingerprint density at radius 2 is 1.80 bits per heavy atom. The van der Waals surface area contributed by atoms with Gasteiger partial charge >= 0.3 is 0 Å². The highest BCUT2D eigenvalue weighted by Gasteiger charge is 2.27. The summed E-state index contributed by atoms with van der Waals surface area (Å²) in [7, 11) is 1.74. The van der Waals surface area contributed by atoms with Crippen LogP contribution in [0.3, 0.4) is 0 Å². The number of amides is 1. The number of carbonyl (C=O) groups is 1. The Labute approximate surface area is 103 Å². The molecule has 0 aromatic heterocycles. The zero-order valence-electron chi connectivity index (χ0n) is 8.92. The van der Waals surface area contributed by atoms with Crippen LogP contribution in [0.15, 0.2) is 24.3 Å². The van der Waals surface area contributed by atoms with Crippen molar-refractivity contribution in [3.05, 3.63) is 29.3 Å². The van der Waals surface area contributed by atoms with E-state index in [0.717, 1.165) is 5.69 Å². The van der Waals surface area contributed by atoms with Gasteiger partial charge in [0.05, 0.1) is 4.32 Å². The third kappa shape index (κ3) is 3.21. The van der Waals surface area contributed by atoms with E-state index in [4.69, 9.17) is 11.6 Å². The van der Waals surface area contributed by atoms with Crippen LogP contribution in [0.2, 0.25) is 5.02 Å². The Morgan fingerprint density at radius 1 is 1.33 bits per heavy atom. The molecule has 0 N–H and O–H groups in total. The fourth-order valence-electron chi connectivity index (χ4n) is 1.18. The van der Waals surface area contributed by atoms with Gasteiger partial charge < -0.3 is 4.90 Å². The maximum absolute atomic E-state index is 11.9. The van der Waals surface area contributed by atoms with Crippen LogP contribution < -0.4 is 4.90 Å². The molecule has 1 aromatic carbocycles. The first-order chi connectivity index (χ1) is 6.82. The molecule has 0 bridgehead atoms. The molecule has 1 aromatic rings. The molecule has 2 nitrogen and oxygen atoms in total. The summed E-state index contributed by atoms with van der Waals surface area (Å²) in [6.07, 6.45) is 0. The quantitative estimate of drug-likeness (QED) is 0.764. The van der Waals surface area contributed by atoms with Crippen LogP contribution in [-0.4, -0.2) is 17.3 Å². The van der Waals surface area contributed by atoms with Crippen molar-refractivity contribution in [1.82, 2.24) is 0 Å². The molecule has 0 unspecified atom stereocenters. The van der Waals surface area contributed by atoms with Crippen molar-refractivity contribution in [1.29, 1.82) is 0 Å². The van der Waals surface area contributed by atoms with Gasteiger partial charge in [-0.1, -0.05) is 27.5 Å². The molecular formula is C11H13BrClNO. The van der Waals surface area contributed by atoms with Crippen LogP contribution in [0, 0.1) is 0 Å². The SMILES string of the molecule is CN(C(=O)C(C)(C)Br)c1ccc(Cl)cc1. The summed E-state index contributed by atoms with van der Waals surface area (Å²) in [6.45, 7) is 3.64. The molecular weight excluding hydrogens is 277 g/mol. The van der Waals surface area contributed by atoms with Gasteiger partial charge in [0.25, 0.3) is 0 Å². The third-order valence-corrected chi connectivity index (χ3v) is 2.62. The number of hydrogen-bond acceptors (Lipinski definition) is 1. The van der Waals surface area contributed by atoms with E-state index in [1.807, 2.05) is 26.0 Å². The van der Waals surface area contributed by atoms with Gasteiger partial charge in [0.15, 0.2) is 0 Å². The van der Waals surface area contributed by atoms with Crippen LogP contribution in [0.25, 0.3) is 0 Å². The predicted octanol–water partition coefficient (Wildman–Crippen LogP) is 3.48. The Bertz CT molecular complexity index is 356. The number of anilines is 1. The predicted molar refractivity (Wildman–Crippen MR) is 67.9 cm³/mol. The number of hydrogen-bond donors (Lipinski definition) is 0. The molecule has 0 aliphatic carbocycles. The lowest BCUT2D eigenvalue weighted by Crippen LogP contribution is -2.39. The van der Waals surface area contributed by atoms with Gasteiger partial charge in [-0.25, -0.2) is 0 Å². The summed E-state index contributed by atoms with van der Waals surface area (Å²) in [4.78, 5) is 13.5. The summed E-state index contributed by atoms with van der Waals surface area (Å²) < 4.78 is -0.554. The average Bonchev–Trinajstić information content (AvgIpc) is 2.15. The van der Waals surface area contributed by atoms with Crippen LogP contribution >= 0.6 is 27.5 Å². The van der Waals surface area contributed by atoms with E-state index < -0.39 is 4.32 Å². The van der Waals surface area contributed by atoms with Crippen LogP contribution in [0.5, 0.6) is 0 Å². The molecule has 0 saturated carbocycles. The van der Waals surface area contributed by atoms with E-state index in [1.54, 1.807) is 24.1 Å². The van der Waals surface area contributed by atoms with E-state index in [0.29, 0.717) is 5.02 Å². The number of halogens is 2. The maximum Gasteiger partial charge on any atom is 0.243 e. The molecule has 82 valence electrons. The topological polar surface area (TPSA) is 20.3 Å². The number of rotatable bonds is 2. The average molecular weight is 291 g/mol. The second kappa shape index (κ2) is 4.54. The summed E-state index contributed by atoms with van der Waals surface area (Å²) >= 11 is 9.11. The van der Waals surface area contributed by atoms with Crippen molar-refractivity contribution in [3.8, 4) is 0 Å².